The average Bonchev–Trinajstić information content (AvgIpc) is 2.32. The summed E-state index contributed by atoms with van der Waals surface area (Å²) in [7, 11) is 1.24. The highest BCUT2D eigenvalue weighted by Crippen LogP contribution is 2.06. The summed E-state index contributed by atoms with van der Waals surface area (Å²) in [6.07, 6.45) is -1.24. The van der Waals surface area contributed by atoms with Gasteiger partial charge >= 0.3 is 5.97 Å². The molecule has 5 nitrogen and oxygen atoms in total. The maximum Gasteiger partial charge on any atom is 0.334 e. The van der Waals surface area contributed by atoms with Gasteiger partial charge in [-0.1, -0.05) is 18.2 Å². The Morgan fingerprint density at radius 1 is 1.44 bits per heavy atom. The predicted octanol–water partition coefficient (Wildman–Crippen LogP) is 0.584. The minimum Gasteiger partial charge on any atom is -0.479 e. The number of benzene rings is 1. The van der Waals surface area contributed by atoms with Crippen molar-refractivity contribution in [3.05, 3.63) is 35.6 Å². The summed E-state index contributed by atoms with van der Waals surface area (Å²) in [5.41, 5.74) is 0.263. The lowest BCUT2D eigenvalue weighted by Gasteiger charge is -2.11. The van der Waals surface area contributed by atoms with Crippen molar-refractivity contribution >= 4 is 11.9 Å². The molecule has 1 rings (SSSR count). The van der Waals surface area contributed by atoms with Crippen molar-refractivity contribution in [3.63, 3.8) is 0 Å². The first-order valence-electron chi connectivity index (χ1n) is 5.30. The molecule has 1 unspecified atom stereocenters. The summed E-state index contributed by atoms with van der Waals surface area (Å²) < 4.78 is 17.9. The number of aliphatic carboxylic acids is 1. The zero-order valence-electron chi connectivity index (χ0n) is 9.85. The van der Waals surface area contributed by atoms with Gasteiger partial charge in [0.05, 0.1) is 13.0 Å². The van der Waals surface area contributed by atoms with Gasteiger partial charge in [-0.3, -0.25) is 4.79 Å². The highest BCUT2D eigenvalue weighted by Gasteiger charge is 2.17. The van der Waals surface area contributed by atoms with Crippen LogP contribution in [0.2, 0.25) is 0 Å². The summed E-state index contributed by atoms with van der Waals surface area (Å²) >= 11 is 0. The van der Waals surface area contributed by atoms with Gasteiger partial charge in [-0.15, -0.1) is 0 Å². The number of halogens is 1. The van der Waals surface area contributed by atoms with Gasteiger partial charge in [0.25, 0.3) is 0 Å². The monoisotopic (exact) mass is 255 g/mol. The fourth-order valence-electron chi connectivity index (χ4n) is 1.36. The molecule has 0 aliphatic carbocycles. The van der Waals surface area contributed by atoms with Crippen LogP contribution in [0.5, 0.6) is 0 Å². The lowest BCUT2D eigenvalue weighted by atomic mass is 10.1. The van der Waals surface area contributed by atoms with E-state index in [1.807, 2.05) is 0 Å². The Hall–Kier alpha value is -1.95. The highest BCUT2D eigenvalue weighted by molar-refractivity contribution is 5.80. The number of amides is 1. The molecule has 1 aromatic rings. The van der Waals surface area contributed by atoms with E-state index >= 15 is 0 Å². The lowest BCUT2D eigenvalue weighted by molar-refractivity contribution is -0.148. The lowest BCUT2D eigenvalue weighted by Crippen LogP contribution is -2.38. The van der Waals surface area contributed by atoms with Gasteiger partial charge in [0.2, 0.25) is 5.91 Å². The predicted molar refractivity (Wildman–Crippen MR) is 61.5 cm³/mol. The number of hydrogen-bond acceptors (Lipinski definition) is 3. The first-order chi connectivity index (χ1) is 8.54. The Morgan fingerprint density at radius 2 is 2.11 bits per heavy atom. The topological polar surface area (TPSA) is 75.6 Å². The van der Waals surface area contributed by atoms with Crippen molar-refractivity contribution < 1.29 is 23.8 Å². The van der Waals surface area contributed by atoms with Gasteiger partial charge < -0.3 is 15.2 Å². The second-order valence-corrected chi connectivity index (χ2v) is 3.63. The number of carboxylic acid groups (broad SMARTS) is 1. The minimum absolute atomic E-state index is 0.136. The SMILES string of the molecule is COC(CNC(=O)Cc1ccccc1F)C(=O)O. The second-order valence-electron chi connectivity index (χ2n) is 3.63. The molecule has 0 radical (unpaired) electrons. The summed E-state index contributed by atoms with van der Waals surface area (Å²) in [5, 5.41) is 11.1. The van der Waals surface area contributed by atoms with Gasteiger partial charge in [-0.2, -0.15) is 0 Å². The van der Waals surface area contributed by atoms with E-state index in [9.17, 15) is 14.0 Å². The molecule has 0 fully saturated rings. The largest absolute Gasteiger partial charge is 0.479 e. The van der Waals surface area contributed by atoms with Gasteiger partial charge in [-0.05, 0) is 11.6 Å². The number of ether oxygens (including phenoxy) is 1. The van der Waals surface area contributed by atoms with E-state index in [-0.39, 0.29) is 18.5 Å². The third-order valence-corrected chi connectivity index (χ3v) is 2.35. The van der Waals surface area contributed by atoms with Gasteiger partial charge in [-0.25, -0.2) is 9.18 Å². The van der Waals surface area contributed by atoms with Crippen LogP contribution in [0.25, 0.3) is 0 Å². The zero-order valence-corrected chi connectivity index (χ0v) is 9.85. The normalized spacial score (nSPS) is 11.9. The molecule has 0 aromatic heterocycles. The van der Waals surface area contributed by atoms with Crippen LogP contribution >= 0.6 is 0 Å². The third-order valence-electron chi connectivity index (χ3n) is 2.35. The fourth-order valence-corrected chi connectivity index (χ4v) is 1.36. The summed E-state index contributed by atoms with van der Waals surface area (Å²) in [6, 6.07) is 5.92. The Balaban J connectivity index is 2.48. The number of hydrogen-bond donors (Lipinski definition) is 2. The van der Waals surface area contributed by atoms with Crippen LogP contribution in [0.15, 0.2) is 24.3 Å². The molecule has 6 heteroatoms. The molecule has 1 amide bonds. The van der Waals surface area contributed by atoms with Gasteiger partial charge in [0, 0.05) is 7.11 Å². The molecular formula is C12H14FNO4. The average molecular weight is 255 g/mol. The van der Waals surface area contributed by atoms with Gasteiger partial charge in [0.15, 0.2) is 6.10 Å². The summed E-state index contributed by atoms with van der Waals surface area (Å²) in [6.45, 7) is -0.154. The molecule has 1 atom stereocenters. The minimum atomic E-state index is -1.16. The standard InChI is InChI=1S/C12H14FNO4/c1-18-10(12(16)17)7-14-11(15)6-8-4-2-3-5-9(8)13/h2-5,10H,6-7H2,1H3,(H,14,15)(H,16,17). The Labute approximate surface area is 104 Å². The van der Waals surface area contributed by atoms with E-state index in [4.69, 9.17) is 5.11 Å². The molecule has 0 saturated heterocycles. The molecule has 0 spiro atoms. The molecule has 0 saturated carbocycles. The van der Waals surface area contributed by atoms with Crippen LogP contribution in [0.3, 0.4) is 0 Å². The maximum atomic E-state index is 13.2. The van der Waals surface area contributed by atoms with Crippen LogP contribution < -0.4 is 5.32 Å². The van der Waals surface area contributed by atoms with E-state index in [1.165, 1.54) is 25.3 Å². The molecule has 2 N–H and O–H groups in total. The Morgan fingerprint density at radius 3 is 2.67 bits per heavy atom. The van der Waals surface area contributed by atoms with E-state index < -0.39 is 23.8 Å². The number of carbonyl (C=O) groups is 2. The third kappa shape index (κ3) is 4.14. The van der Waals surface area contributed by atoms with Crippen LogP contribution in [0.4, 0.5) is 4.39 Å². The van der Waals surface area contributed by atoms with E-state index in [1.54, 1.807) is 6.07 Å². The van der Waals surface area contributed by atoms with Crippen LogP contribution in [0.1, 0.15) is 5.56 Å². The van der Waals surface area contributed by atoms with Crippen molar-refractivity contribution in [3.8, 4) is 0 Å². The Kier molecular flexibility index (Phi) is 5.26. The van der Waals surface area contributed by atoms with Crippen LogP contribution in [-0.2, 0) is 20.7 Å². The first kappa shape index (κ1) is 14.1. The number of rotatable bonds is 6. The molecule has 18 heavy (non-hydrogen) atoms. The highest BCUT2D eigenvalue weighted by atomic mass is 19.1. The summed E-state index contributed by atoms with van der Waals surface area (Å²) in [4.78, 5) is 22.1. The van der Waals surface area contributed by atoms with E-state index in [2.05, 4.69) is 10.1 Å². The molecule has 1 aromatic carbocycles. The molecular weight excluding hydrogens is 241 g/mol. The number of carboxylic acids is 1. The number of nitrogens with one attached hydrogen (secondary N) is 1. The van der Waals surface area contributed by atoms with Crippen LogP contribution in [0, 0.1) is 5.82 Å². The van der Waals surface area contributed by atoms with Crippen molar-refractivity contribution in [2.24, 2.45) is 0 Å². The molecule has 0 aliphatic heterocycles. The van der Waals surface area contributed by atoms with Crippen molar-refractivity contribution in [1.82, 2.24) is 5.32 Å². The fraction of sp³-hybridized carbons (Fsp3) is 0.333. The number of carbonyl (C=O) groups excluding carboxylic acids is 1. The van der Waals surface area contributed by atoms with E-state index in [0.29, 0.717) is 0 Å². The summed E-state index contributed by atoms with van der Waals surface area (Å²) in [5.74, 6) is -2.08. The molecule has 0 heterocycles. The van der Waals surface area contributed by atoms with E-state index in [0.717, 1.165) is 0 Å². The molecule has 0 bridgehead atoms. The quantitative estimate of drug-likeness (QED) is 0.779. The smallest absolute Gasteiger partial charge is 0.334 e. The van der Waals surface area contributed by atoms with Gasteiger partial charge in [0.1, 0.15) is 5.82 Å². The van der Waals surface area contributed by atoms with Crippen LogP contribution in [-0.4, -0.2) is 36.7 Å². The second kappa shape index (κ2) is 6.70. The zero-order chi connectivity index (χ0) is 13.5. The van der Waals surface area contributed by atoms with Crippen molar-refractivity contribution in [2.45, 2.75) is 12.5 Å². The van der Waals surface area contributed by atoms with Crippen molar-refractivity contribution in [2.75, 3.05) is 13.7 Å². The number of methoxy groups -OCH3 is 1. The first-order valence-corrected chi connectivity index (χ1v) is 5.30. The Bertz CT molecular complexity index is 436. The molecule has 98 valence electrons. The van der Waals surface area contributed by atoms with Crippen molar-refractivity contribution in [1.29, 1.82) is 0 Å². The maximum absolute atomic E-state index is 13.2. The molecule has 0 aliphatic rings.